The molecule has 4 rings (SSSR count). The van der Waals surface area contributed by atoms with Gasteiger partial charge in [0, 0.05) is 57.0 Å². The van der Waals surface area contributed by atoms with E-state index in [2.05, 4.69) is 30.2 Å². The zero-order valence-electron chi connectivity index (χ0n) is 19.1. The van der Waals surface area contributed by atoms with E-state index in [1.165, 1.54) is 16.9 Å². The molecule has 6 nitrogen and oxygen atoms in total. The van der Waals surface area contributed by atoms with Gasteiger partial charge in [0.2, 0.25) is 11.8 Å². The van der Waals surface area contributed by atoms with Crippen LogP contribution in [0.25, 0.3) is 0 Å². The van der Waals surface area contributed by atoms with E-state index in [4.69, 9.17) is 4.74 Å². The van der Waals surface area contributed by atoms with Gasteiger partial charge in [-0.2, -0.15) is 0 Å². The molecular weight excluding hydrogens is 410 g/mol. The van der Waals surface area contributed by atoms with E-state index in [1.54, 1.807) is 11.3 Å². The highest BCUT2D eigenvalue weighted by atomic mass is 32.1. The summed E-state index contributed by atoms with van der Waals surface area (Å²) in [6, 6.07) is 2.12. The van der Waals surface area contributed by atoms with E-state index in [0.717, 1.165) is 58.5 Å². The smallest absolute Gasteiger partial charge is 0.223 e. The van der Waals surface area contributed by atoms with Crippen molar-refractivity contribution in [2.45, 2.75) is 71.1 Å². The topological polar surface area (TPSA) is 53.1 Å². The molecule has 0 bridgehead atoms. The lowest BCUT2D eigenvalue weighted by Gasteiger charge is -2.37. The maximum atomic E-state index is 12.7. The number of fused-ring (bicyclic) bond motifs is 1. The number of hydrogen-bond acceptors (Lipinski definition) is 5. The number of nitrogens with zero attached hydrogens (tertiary/aromatic N) is 3. The molecule has 1 aromatic heterocycles. The summed E-state index contributed by atoms with van der Waals surface area (Å²) in [4.78, 5) is 33.1. The molecule has 7 heteroatoms. The predicted octanol–water partition coefficient (Wildman–Crippen LogP) is 3.15. The fourth-order valence-corrected chi connectivity index (χ4v) is 6.18. The van der Waals surface area contributed by atoms with Crippen molar-refractivity contribution in [3.63, 3.8) is 0 Å². The van der Waals surface area contributed by atoms with E-state index in [-0.39, 0.29) is 11.8 Å². The quantitative estimate of drug-likeness (QED) is 0.672. The highest BCUT2D eigenvalue weighted by molar-refractivity contribution is 7.10. The van der Waals surface area contributed by atoms with Crippen LogP contribution in [0.2, 0.25) is 0 Å². The third kappa shape index (κ3) is 6.08. The number of amides is 2. The van der Waals surface area contributed by atoms with Gasteiger partial charge in [-0.05, 0) is 69.0 Å². The Kier molecular flexibility index (Phi) is 7.67. The third-order valence-electron chi connectivity index (χ3n) is 7.03. The summed E-state index contributed by atoms with van der Waals surface area (Å²) in [5, 5.41) is 2.10. The Bertz CT molecular complexity index is 749. The minimum absolute atomic E-state index is 0.119. The molecule has 0 spiro atoms. The zero-order valence-corrected chi connectivity index (χ0v) is 19.9. The van der Waals surface area contributed by atoms with Crippen molar-refractivity contribution < 1.29 is 14.3 Å². The first kappa shape index (κ1) is 22.7. The van der Waals surface area contributed by atoms with Gasteiger partial charge >= 0.3 is 0 Å². The Balaban J connectivity index is 1.13. The van der Waals surface area contributed by atoms with Crippen LogP contribution < -0.4 is 0 Å². The Hall–Kier alpha value is -1.44. The number of piperidine rings is 1. The Morgan fingerprint density at radius 1 is 1.03 bits per heavy atom. The lowest BCUT2D eigenvalue weighted by molar-refractivity contribution is -0.138. The monoisotopic (exact) mass is 447 g/mol. The van der Waals surface area contributed by atoms with Crippen molar-refractivity contribution in [3.05, 3.63) is 21.9 Å². The second-order valence-corrected chi connectivity index (χ2v) is 10.6. The molecule has 0 unspecified atom stereocenters. The van der Waals surface area contributed by atoms with E-state index in [1.807, 2.05) is 9.80 Å². The number of thiophene rings is 1. The minimum Gasteiger partial charge on any atom is -0.373 e. The fourth-order valence-electron chi connectivity index (χ4n) is 5.29. The van der Waals surface area contributed by atoms with E-state index in [9.17, 15) is 9.59 Å². The van der Waals surface area contributed by atoms with E-state index >= 15 is 0 Å². The maximum absolute atomic E-state index is 12.7. The van der Waals surface area contributed by atoms with Crippen LogP contribution in [0, 0.1) is 5.92 Å². The Morgan fingerprint density at radius 3 is 2.42 bits per heavy atom. The largest absolute Gasteiger partial charge is 0.373 e. The molecule has 2 fully saturated rings. The van der Waals surface area contributed by atoms with Crippen LogP contribution in [-0.4, -0.2) is 78.0 Å². The SMILES string of the molecule is C[C@@H]1CN(CCC2CCN(C(=O)CCC(=O)N3CCc4sccc4C3)CC2)C[C@@H](C)O1. The summed E-state index contributed by atoms with van der Waals surface area (Å²) in [6.07, 6.45) is 5.66. The molecule has 0 radical (unpaired) electrons. The highest BCUT2D eigenvalue weighted by Gasteiger charge is 2.27. The summed E-state index contributed by atoms with van der Waals surface area (Å²) in [6.45, 7) is 10.7. The number of carbonyl (C=O) groups is 2. The van der Waals surface area contributed by atoms with Crippen LogP contribution >= 0.6 is 11.3 Å². The van der Waals surface area contributed by atoms with Crippen molar-refractivity contribution in [1.82, 2.24) is 14.7 Å². The standard InChI is InChI=1S/C24H37N3O3S/c1-18-15-25(16-19(2)30-18)10-5-20-6-11-26(12-7-20)23(28)3-4-24(29)27-13-8-22-21(17-27)9-14-31-22/h9,14,18-20H,3-8,10-13,15-17H2,1-2H3/t18-,19-/m1/s1. The van der Waals surface area contributed by atoms with E-state index < -0.39 is 0 Å². The van der Waals surface area contributed by atoms with Gasteiger partial charge in [0.15, 0.2) is 0 Å². The molecular formula is C24H37N3O3S. The van der Waals surface area contributed by atoms with Crippen LogP contribution in [0.3, 0.4) is 0 Å². The van der Waals surface area contributed by atoms with E-state index in [0.29, 0.717) is 37.5 Å². The molecule has 31 heavy (non-hydrogen) atoms. The maximum Gasteiger partial charge on any atom is 0.223 e. The number of morpholine rings is 1. The minimum atomic E-state index is 0.119. The van der Waals surface area contributed by atoms with Crippen molar-refractivity contribution in [3.8, 4) is 0 Å². The molecule has 172 valence electrons. The first-order valence-electron chi connectivity index (χ1n) is 12.0. The molecule has 2 atom stereocenters. The summed E-state index contributed by atoms with van der Waals surface area (Å²) < 4.78 is 5.83. The third-order valence-corrected chi connectivity index (χ3v) is 8.05. The second-order valence-electron chi connectivity index (χ2n) is 9.56. The van der Waals surface area contributed by atoms with Gasteiger partial charge in [0.1, 0.15) is 0 Å². The Labute approximate surface area is 190 Å². The molecule has 3 aliphatic heterocycles. The predicted molar refractivity (Wildman–Crippen MR) is 123 cm³/mol. The van der Waals surface area contributed by atoms with Gasteiger partial charge in [-0.15, -0.1) is 11.3 Å². The molecule has 0 aliphatic carbocycles. The molecule has 0 saturated carbocycles. The summed E-state index contributed by atoms with van der Waals surface area (Å²) >= 11 is 1.78. The van der Waals surface area contributed by atoms with Crippen LogP contribution in [0.15, 0.2) is 11.4 Å². The average molecular weight is 448 g/mol. The van der Waals surface area contributed by atoms with Gasteiger partial charge < -0.3 is 14.5 Å². The van der Waals surface area contributed by atoms with Crippen molar-refractivity contribution in [2.24, 2.45) is 5.92 Å². The number of ether oxygens (including phenoxy) is 1. The van der Waals surface area contributed by atoms with Crippen LogP contribution in [0.1, 0.15) is 56.4 Å². The number of carbonyl (C=O) groups excluding carboxylic acids is 2. The molecule has 3 aliphatic rings. The average Bonchev–Trinajstić information content (AvgIpc) is 3.23. The molecule has 1 aromatic rings. The molecule has 0 aromatic carbocycles. The Morgan fingerprint density at radius 2 is 1.71 bits per heavy atom. The first-order chi connectivity index (χ1) is 15.0. The second kappa shape index (κ2) is 10.5. The van der Waals surface area contributed by atoms with Gasteiger partial charge in [-0.1, -0.05) is 0 Å². The first-order valence-corrected chi connectivity index (χ1v) is 12.8. The van der Waals surface area contributed by atoms with Gasteiger partial charge in [-0.25, -0.2) is 0 Å². The van der Waals surface area contributed by atoms with Crippen molar-refractivity contribution in [2.75, 3.05) is 39.3 Å². The molecule has 2 saturated heterocycles. The summed E-state index contributed by atoms with van der Waals surface area (Å²) in [5.74, 6) is 0.970. The van der Waals surface area contributed by atoms with Gasteiger partial charge in [-0.3, -0.25) is 14.5 Å². The summed E-state index contributed by atoms with van der Waals surface area (Å²) in [5.41, 5.74) is 1.28. The zero-order chi connectivity index (χ0) is 21.8. The van der Waals surface area contributed by atoms with Crippen LogP contribution in [-0.2, 0) is 27.3 Å². The van der Waals surface area contributed by atoms with Gasteiger partial charge in [0.25, 0.3) is 0 Å². The van der Waals surface area contributed by atoms with Crippen LogP contribution in [0.4, 0.5) is 0 Å². The number of rotatable bonds is 6. The van der Waals surface area contributed by atoms with Crippen LogP contribution in [0.5, 0.6) is 0 Å². The number of hydrogen-bond donors (Lipinski definition) is 0. The van der Waals surface area contributed by atoms with Crippen molar-refractivity contribution in [1.29, 1.82) is 0 Å². The lowest BCUT2D eigenvalue weighted by atomic mass is 9.93. The molecule has 2 amide bonds. The normalized spacial score (nSPS) is 25.5. The lowest BCUT2D eigenvalue weighted by Crippen LogP contribution is -2.46. The molecule has 0 N–H and O–H groups in total. The highest BCUT2D eigenvalue weighted by Crippen LogP contribution is 2.25. The summed E-state index contributed by atoms with van der Waals surface area (Å²) in [7, 11) is 0. The number of likely N-dealkylation sites (tertiary alicyclic amines) is 1. The fraction of sp³-hybridized carbons (Fsp3) is 0.750. The van der Waals surface area contributed by atoms with Gasteiger partial charge in [0.05, 0.1) is 12.2 Å². The molecule has 4 heterocycles. The van der Waals surface area contributed by atoms with Crippen molar-refractivity contribution >= 4 is 23.2 Å².